The molecule has 0 fully saturated rings. The van der Waals surface area contributed by atoms with E-state index in [1.54, 1.807) is 0 Å². The molecule has 0 amide bonds. The van der Waals surface area contributed by atoms with Crippen LogP contribution < -0.4 is 0 Å². The molecule has 11 rings (SSSR count). The van der Waals surface area contributed by atoms with Crippen LogP contribution in [-0.2, 0) is 0 Å². The highest BCUT2D eigenvalue weighted by Crippen LogP contribution is 2.40. The van der Waals surface area contributed by atoms with Crippen molar-refractivity contribution in [3.63, 3.8) is 0 Å². The van der Waals surface area contributed by atoms with E-state index in [0.29, 0.717) is 34.2 Å². The van der Waals surface area contributed by atoms with Crippen LogP contribution in [0.3, 0.4) is 0 Å². The van der Waals surface area contributed by atoms with Crippen LogP contribution in [-0.4, -0.2) is 24.1 Å². The van der Waals surface area contributed by atoms with Crippen molar-refractivity contribution in [3.8, 4) is 68.8 Å². The molecule has 0 N–H and O–H groups in total. The van der Waals surface area contributed by atoms with E-state index in [1.807, 2.05) is 72.8 Å². The summed E-state index contributed by atoms with van der Waals surface area (Å²) in [5.74, 6) is 1.42. The molecule has 0 bridgehead atoms. The van der Waals surface area contributed by atoms with Crippen LogP contribution in [0.2, 0.25) is 0 Å². The van der Waals surface area contributed by atoms with Gasteiger partial charge in [0.25, 0.3) is 0 Å². The van der Waals surface area contributed by atoms with Crippen molar-refractivity contribution >= 4 is 43.6 Å². The fourth-order valence-corrected chi connectivity index (χ4v) is 8.86. The standard InChI is InChI=1S/C55H35N7/c1-34-19-24-49-44(27-34)41-15-6-8-17-47(41)61(49)51-26-21-37(33-57)30-46(51)55-59-53(38-12-4-3-5-13-38)58-54(60-55)43-23-22-40(39-14-10-11-36(29-39)32-56)31-52(43)62-48-18-9-7-16-42(48)45-28-35(2)20-25-50(45)62/h3-31H,1-2H3. The SMILES string of the molecule is Cc1ccc2c(c1)c1ccccc1n2-c1ccc(C#N)cc1-c1nc(-c2ccccc2)nc(-c2ccc(-c3cccc(C#N)c3)cc2-n2c3ccccc3c3cc(C)ccc32)n1. The zero-order valence-corrected chi connectivity index (χ0v) is 33.9. The van der Waals surface area contributed by atoms with E-state index in [-0.39, 0.29) is 0 Å². The van der Waals surface area contributed by atoms with Crippen LogP contribution in [0, 0.1) is 36.5 Å². The molecule has 7 heteroatoms. The first-order valence-corrected chi connectivity index (χ1v) is 20.5. The third kappa shape index (κ3) is 6.00. The fourth-order valence-electron chi connectivity index (χ4n) is 8.86. The monoisotopic (exact) mass is 793 g/mol. The van der Waals surface area contributed by atoms with Gasteiger partial charge >= 0.3 is 0 Å². The molecule has 62 heavy (non-hydrogen) atoms. The number of rotatable bonds is 6. The third-order valence-electron chi connectivity index (χ3n) is 11.7. The minimum Gasteiger partial charge on any atom is -0.309 e. The Morgan fingerprint density at radius 2 is 0.903 bits per heavy atom. The van der Waals surface area contributed by atoms with Gasteiger partial charge in [0.1, 0.15) is 0 Å². The van der Waals surface area contributed by atoms with Gasteiger partial charge in [0.05, 0.1) is 56.7 Å². The summed E-state index contributed by atoms with van der Waals surface area (Å²) in [5, 5.41) is 24.7. The number of fused-ring (bicyclic) bond motifs is 6. The zero-order chi connectivity index (χ0) is 41.9. The molecule has 0 atom stereocenters. The second kappa shape index (κ2) is 14.6. The van der Waals surface area contributed by atoms with Crippen LogP contribution in [0.1, 0.15) is 22.3 Å². The van der Waals surface area contributed by atoms with E-state index in [0.717, 1.165) is 77.2 Å². The molecule has 3 heterocycles. The van der Waals surface area contributed by atoms with Crippen molar-refractivity contribution in [2.24, 2.45) is 0 Å². The topological polar surface area (TPSA) is 96.1 Å². The first-order valence-electron chi connectivity index (χ1n) is 20.5. The van der Waals surface area contributed by atoms with Crippen LogP contribution in [0.15, 0.2) is 176 Å². The molecule has 0 aliphatic carbocycles. The van der Waals surface area contributed by atoms with Crippen molar-refractivity contribution in [1.29, 1.82) is 10.5 Å². The summed E-state index contributed by atoms with van der Waals surface area (Å²) in [6, 6.07) is 64.4. The Kier molecular flexibility index (Phi) is 8.56. The van der Waals surface area contributed by atoms with Crippen LogP contribution in [0.4, 0.5) is 0 Å². The summed E-state index contributed by atoms with van der Waals surface area (Å²) in [6.07, 6.45) is 0. The van der Waals surface area contributed by atoms with E-state index in [1.165, 1.54) is 11.1 Å². The molecule has 0 radical (unpaired) electrons. The molecule has 0 unspecified atom stereocenters. The number of benzene rings is 8. The van der Waals surface area contributed by atoms with Gasteiger partial charge in [-0.15, -0.1) is 0 Å². The molecule has 0 aliphatic rings. The lowest BCUT2D eigenvalue weighted by molar-refractivity contribution is 1.06. The normalized spacial score (nSPS) is 11.4. The molecule has 290 valence electrons. The summed E-state index contributed by atoms with van der Waals surface area (Å²) < 4.78 is 4.55. The first kappa shape index (κ1) is 36.4. The molecule has 11 aromatic rings. The van der Waals surface area contributed by atoms with Gasteiger partial charge in [0, 0.05) is 38.2 Å². The Balaban J connectivity index is 1.23. The van der Waals surface area contributed by atoms with Gasteiger partial charge in [-0.3, -0.25) is 0 Å². The Labute approximate surface area is 357 Å². The molecule has 3 aromatic heterocycles. The van der Waals surface area contributed by atoms with Crippen LogP contribution in [0.25, 0.3) is 100 Å². The second-order valence-electron chi connectivity index (χ2n) is 15.7. The predicted molar refractivity (Wildman–Crippen MR) is 249 cm³/mol. The maximum atomic E-state index is 10.3. The summed E-state index contributed by atoms with van der Waals surface area (Å²) >= 11 is 0. The summed E-state index contributed by atoms with van der Waals surface area (Å²) in [7, 11) is 0. The van der Waals surface area contributed by atoms with E-state index < -0.39 is 0 Å². The molecule has 7 nitrogen and oxygen atoms in total. The highest BCUT2D eigenvalue weighted by atomic mass is 15.1. The highest BCUT2D eigenvalue weighted by molar-refractivity contribution is 6.11. The summed E-state index contributed by atoms with van der Waals surface area (Å²) in [5.41, 5.74) is 13.5. The Bertz CT molecular complexity index is 3690. The van der Waals surface area contributed by atoms with Gasteiger partial charge in [-0.1, -0.05) is 108 Å². The van der Waals surface area contributed by atoms with E-state index in [9.17, 15) is 10.5 Å². The number of nitrogens with zero attached hydrogens (tertiary/aromatic N) is 7. The van der Waals surface area contributed by atoms with E-state index in [4.69, 9.17) is 15.0 Å². The van der Waals surface area contributed by atoms with Gasteiger partial charge in [0.15, 0.2) is 17.5 Å². The van der Waals surface area contributed by atoms with Crippen LogP contribution in [0.5, 0.6) is 0 Å². The van der Waals surface area contributed by atoms with Crippen molar-refractivity contribution in [2.75, 3.05) is 0 Å². The van der Waals surface area contributed by atoms with Gasteiger partial charge < -0.3 is 9.13 Å². The minimum absolute atomic E-state index is 0.439. The Morgan fingerprint density at radius 3 is 1.56 bits per heavy atom. The number of aromatic nitrogens is 5. The van der Waals surface area contributed by atoms with Gasteiger partial charge in [-0.05, 0) is 104 Å². The number of nitriles is 2. The Morgan fingerprint density at radius 1 is 0.371 bits per heavy atom. The van der Waals surface area contributed by atoms with Crippen molar-refractivity contribution in [1.82, 2.24) is 24.1 Å². The highest BCUT2D eigenvalue weighted by Gasteiger charge is 2.23. The number of aryl methyl sites for hydroxylation is 2. The van der Waals surface area contributed by atoms with Crippen molar-refractivity contribution in [2.45, 2.75) is 13.8 Å². The minimum atomic E-state index is 0.439. The zero-order valence-electron chi connectivity index (χ0n) is 33.9. The lowest BCUT2D eigenvalue weighted by atomic mass is 10.00. The largest absolute Gasteiger partial charge is 0.309 e. The smallest absolute Gasteiger partial charge is 0.166 e. The average molecular weight is 794 g/mol. The lowest BCUT2D eigenvalue weighted by Gasteiger charge is -2.18. The van der Waals surface area contributed by atoms with Crippen molar-refractivity contribution < 1.29 is 0 Å². The van der Waals surface area contributed by atoms with Crippen LogP contribution >= 0.6 is 0 Å². The second-order valence-corrected chi connectivity index (χ2v) is 15.7. The van der Waals surface area contributed by atoms with E-state index >= 15 is 0 Å². The molecule has 0 saturated heterocycles. The lowest BCUT2D eigenvalue weighted by Crippen LogP contribution is -2.06. The molecule has 0 saturated carbocycles. The number of hydrogen-bond donors (Lipinski definition) is 0. The number of para-hydroxylation sites is 2. The maximum absolute atomic E-state index is 10.3. The molecule has 0 aliphatic heterocycles. The van der Waals surface area contributed by atoms with Gasteiger partial charge in [0.2, 0.25) is 0 Å². The first-order chi connectivity index (χ1) is 30.4. The Hall–Kier alpha value is -8.65. The average Bonchev–Trinajstić information content (AvgIpc) is 3.83. The predicted octanol–water partition coefficient (Wildman–Crippen LogP) is 13.1. The van der Waals surface area contributed by atoms with Gasteiger partial charge in [-0.25, -0.2) is 15.0 Å². The molecular formula is C55H35N7. The fraction of sp³-hybridized carbons (Fsp3) is 0.0364. The maximum Gasteiger partial charge on any atom is 0.166 e. The quantitative estimate of drug-likeness (QED) is 0.167. The summed E-state index contributed by atoms with van der Waals surface area (Å²) in [4.78, 5) is 15.9. The van der Waals surface area contributed by atoms with Gasteiger partial charge in [-0.2, -0.15) is 10.5 Å². The molecule has 0 spiro atoms. The van der Waals surface area contributed by atoms with Crippen molar-refractivity contribution in [3.05, 3.63) is 198 Å². The number of hydrogen-bond acceptors (Lipinski definition) is 5. The molecular weight excluding hydrogens is 759 g/mol. The third-order valence-corrected chi connectivity index (χ3v) is 11.7. The molecule has 8 aromatic carbocycles. The van der Waals surface area contributed by atoms with E-state index in [2.05, 4.69) is 138 Å². The summed E-state index contributed by atoms with van der Waals surface area (Å²) in [6.45, 7) is 4.23.